The lowest BCUT2D eigenvalue weighted by Gasteiger charge is -2.30. The topological polar surface area (TPSA) is 21.3 Å². The van der Waals surface area contributed by atoms with Gasteiger partial charge in [-0.1, -0.05) is 6.42 Å². The van der Waals surface area contributed by atoms with E-state index in [1.165, 1.54) is 31.1 Å². The summed E-state index contributed by atoms with van der Waals surface area (Å²) in [6.07, 6.45) is 3.72. The highest BCUT2D eigenvalue weighted by Crippen LogP contribution is 2.38. The summed E-state index contributed by atoms with van der Waals surface area (Å²) in [7, 11) is 3.57. The molecule has 0 radical (unpaired) electrons. The van der Waals surface area contributed by atoms with E-state index in [1.54, 1.807) is 19.2 Å². The van der Waals surface area contributed by atoms with Crippen LogP contribution in [-0.2, 0) is 0 Å². The van der Waals surface area contributed by atoms with Crippen LogP contribution in [0, 0.1) is 5.82 Å². The largest absolute Gasteiger partial charge is 0.496 e. The summed E-state index contributed by atoms with van der Waals surface area (Å²) in [6, 6.07) is 4.90. The molecular weight excluding hydrogens is 249 g/mol. The molecule has 1 aliphatic rings. The Balaban J connectivity index is 2.27. The zero-order valence-corrected chi connectivity index (χ0v) is 11.7. The molecule has 100 valence electrons. The van der Waals surface area contributed by atoms with Crippen molar-refractivity contribution in [2.45, 2.75) is 30.6 Å². The van der Waals surface area contributed by atoms with Gasteiger partial charge in [0.1, 0.15) is 11.6 Å². The van der Waals surface area contributed by atoms with Gasteiger partial charge in [-0.05, 0) is 43.8 Å². The molecule has 0 aliphatic carbocycles. The molecule has 0 spiro atoms. The smallest absolute Gasteiger partial charge is 0.123 e. The third-order valence-electron chi connectivity index (χ3n) is 3.42. The SMILES string of the molecule is CNC(c1cc(F)ccc1OC)C1CCCCS1. The second-order valence-corrected chi connectivity index (χ2v) is 5.90. The number of rotatable bonds is 4. The second-order valence-electron chi connectivity index (χ2n) is 4.56. The Labute approximate surface area is 112 Å². The van der Waals surface area contributed by atoms with Crippen molar-refractivity contribution in [2.75, 3.05) is 19.9 Å². The van der Waals surface area contributed by atoms with Gasteiger partial charge in [-0.25, -0.2) is 4.39 Å². The number of ether oxygens (including phenoxy) is 1. The first-order valence-corrected chi connectivity index (χ1v) is 7.43. The van der Waals surface area contributed by atoms with Crippen molar-refractivity contribution in [3.63, 3.8) is 0 Å². The van der Waals surface area contributed by atoms with Crippen LogP contribution in [0.5, 0.6) is 5.75 Å². The zero-order valence-electron chi connectivity index (χ0n) is 10.9. The summed E-state index contributed by atoms with van der Waals surface area (Å²) >= 11 is 1.98. The van der Waals surface area contributed by atoms with Gasteiger partial charge in [0.15, 0.2) is 0 Å². The third-order valence-corrected chi connectivity index (χ3v) is 4.88. The van der Waals surface area contributed by atoms with E-state index < -0.39 is 0 Å². The summed E-state index contributed by atoms with van der Waals surface area (Å²) in [5.41, 5.74) is 0.930. The van der Waals surface area contributed by atoms with Gasteiger partial charge in [0.05, 0.1) is 7.11 Å². The monoisotopic (exact) mass is 269 g/mol. The molecule has 0 amide bonds. The van der Waals surface area contributed by atoms with Crippen molar-refractivity contribution in [2.24, 2.45) is 0 Å². The molecule has 18 heavy (non-hydrogen) atoms. The van der Waals surface area contributed by atoms with Gasteiger partial charge < -0.3 is 10.1 Å². The molecule has 4 heteroatoms. The molecule has 1 N–H and O–H groups in total. The Morgan fingerprint density at radius 3 is 2.89 bits per heavy atom. The maximum Gasteiger partial charge on any atom is 0.123 e. The minimum atomic E-state index is -0.202. The number of hydrogen-bond acceptors (Lipinski definition) is 3. The number of hydrogen-bond donors (Lipinski definition) is 1. The van der Waals surface area contributed by atoms with Crippen LogP contribution in [0.3, 0.4) is 0 Å². The first-order valence-electron chi connectivity index (χ1n) is 6.38. The molecule has 2 rings (SSSR count). The van der Waals surface area contributed by atoms with E-state index in [0.29, 0.717) is 5.25 Å². The fourth-order valence-electron chi connectivity index (χ4n) is 2.52. The van der Waals surface area contributed by atoms with Crippen LogP contribution >= 0.6 is 11.8 Å². The summed E-state index contributed by atoms with van der Waals surface area (Å²) in [5.74, 6) is 1.76. The van der Waals surface area contributed by atoms with Gasteiger partial charge in [-0.3, -0.25) is 0 Å². The predicted octanol–water partition coefficient (Wildman–Crippen LogP) is 3.38. The van der Waals surface area contributed by atoms with Crippen LogP contribution in [0.1, 0.15) is 30.9 Å². The second kappa shape index (κ2) is 6.43. The lowest BCUT2D eigenvalue weighted by Crippen LogP contribution is -2.29. The summed E-state index contributed by atoms with van der Waals surface area (Å²) in [4.78, 5) is 0. The highest BCUT2D eigenvalue weighted by molar-refractivity contribution is 8.00. The Hall–Kier alpha value is -0.740. The Morgan fingerprint density at radius 2 is 2.28 bits per heavy atom. The molecule has 2 atom stereocenters. The molecule has 0 bridgehead atoms. The Morgan fingerprint density at radius 1 is 1.44 bits per heavy atom. The van der Waals surface area contributed by atoms with Gasteiger partial charge in [0.2, 0.25) is 0 Å². The third kappa shape index (κ3) is 2.98. The summed E-state index contributed by atoms with van der Waals surface area (Å²) in [5, 5.41) is 3.82. The van der Waals surface area contributed by atoms with Gasteiger partial charge in [-0.2, -0.15) is 11.8 Å². The number of benzene rings is 1. The van der Waals surface area contributed by atoms with E-state index >= 15 is 0 Å². The van der Waals surface area contributed by atoms with E-state index in [4.69, 9.17) is 4.74 Å². The molecule has 1 aliphatic heterocycles. The van der Waals surface area contributed by atoms with Crippen molar-refractivity contribution in [1.82, 2.24) is 5.32 Å². The van der Waals surface area contributed by atoms with Crippen LogP contribution in [0.2, 0.25) is 0 Å². The van der Waals surface area contributed by atoms with E-state index in [1.807, 2.05) is 18.8 Å². The van der Waals surface area contributed by atoms with Crippen molar-refractivity contribution >= 4 is 11.8 Å². The van der Waals surface area contributed by atoms with Crippen molar-refractivity contribution in [1.29, 1.82) is 0 Å². The Kier molecular flexibility index (Phi) is 4.89. The van der Waals surface area contributed by atoms with Crippen LogP contribution < -0.4 is 10.1 Å². The number of halogens is 1. The molecule has 1 fully saturated rings. The minimum absolute atomic E-state index is 0.154. The predicted molar refractivity (Wildman–Crippen MR) is 74.8 cm³/mol. The lowest BCUT2D eigenvalue weighted by atomic mass is 9.98. The van der Waals surface area contributed by atoms with E-state index in [2.05, 4.69) is 5.32 Å². The number of thioether (sulfide) groups is 1. The Bertz CT molecular complexity index is 393. The molecule has 1 aromatic rings. The first-order chi connectivity index (χ1) is 8.76. The fraction of sp³-hybridized carbons (Fsp3) is 0.571. The summed E-state index contributed by atoms with van der Waals surface area (Å²) in [6.45, 7) is 0. The van der Waals surface area contributed by atoms with E-state index in [0.717, 1.165) is 11.3 Å². The minimum Gasteiger partial charge on any atom is -0.496 e. The average molecular weight is 269 g/mol. The number of nitrogens with one attached hydrogen (secondary N) is 1. The van der Waals surface area contributed by atoms with Crippen LogP contribution in [-0.4, -0.2) is 25.2 Å². The molecule has 0 aromatic heterocycles. The highest BCUT2D eigenvalue weighted by atomic mass is 32.2. The molecule has 2 nitrogen and oxygen atoms in total. The standard InChI is InChI=1S/C14H20FNOS/c1-16-14(13-5-3-4-8-18-13)11-9-10(15)6-7-12(11)17-2/h6-7,9,13-14,16H,3-5,8H2,1-2H3. The molecule has 0 saturated carbocycles. The van der Waals surface area contributed by atoms with Crippen molar-refractivity contribution in [3.8, 4) is 5.75 Å². The molecule has 1 heterocycles. The van der Waals surface area contributed by atoms with Crippen LogP contribution in [0.4, 0.5) is 4.39 Å². The normalized spacial score (nSPS) is 21.6. The van der Waals surface area contributed by atoms with Gasteiger partial charge >= 0.3 is 0 Å². The molecular formula is C14H20FNOS. The van der Waals surface area contributed by atoms with Crippen LogP contribution in [0.15, 0.2) is 18.2 Å². The maximum absolute atomic E-state index is 13.5. The summed E-state index contributed by atoms with van der Waals surface area (Å²) < 4.78 is 18.8. The van der Waals surface area contributed by atoms with Crippen molar-refractivity contribution in [3.05, 3.63) is 29.6 Å². The average Bonchev–Trinajstić information content (AvgIpc) is 2.41. The van der Waals surface area contributed by atoms with Gasteiger partial charge in [0, 0.05) is 16.9 Å². The number of methoxy groups -OCH3 is 1. The van der Waals surface area contributed by atoms with Gasteiger partial charge in [-0.15, -0.1) is 0 Å². The quantitative estimate of drug-likeness (QED) is 0.905. The fourth-order valence-corrected chi connectivity index (χ4v) is 4.00. The lowest BCUT2D eigenvalue weighted by molar-refractivity contribution is 0.396. The maximum atomic E-state index is 13.5. The first kappa shape index (κ1) is 13.7. The van der Waals surface area contributed by atoms with Crippen LogP contribution in [0.25, 0.3) is 0 Å². The molecule has 2 unspecified atom stereocenters. The highest BCUT2D eigenvalue weighted by Gasteiger charge is 2.26. The van der Waals surface area contributed by atoms with Crippen molar-refractivity contribution < 1.29 is 9.13 Å². The van der Waals surface area contributed by atoms with Gasteiger partial charge in [0.25, 0.3) is 0 Å². The van der Waals surface area contributed by atoms with E-state index in [-0.39, 0.29) is 11.9 Å². The molecule has 1 aromatic carbocycles. The molecule has 1 saturated heterocycles. The zero-order chi connectivity index (χ0) is 13.0. The van der Waals surface area contributed by atoms with E-state index in [9.17, 15) is 4.39 Å².